The van der Waals surface area contributed by atoms with Crippen LogP contribution in [-0.4, -0.2) is 20.0 Å². The largest absolute Gasteiger partial charge is 0.332 e. The fourth-order valence-corrected chi connectivity index (χ4v) is 3.21. The van der Waals surface area contributed by atoms with E-state index < -0.39 is 17.2 Å². The zero-order valence-corrected chi connectivity index (χ0v) is 16.4. The maximum atomic E-state index is 12.8. The average molecular weight is 407 g/mol. The lowest BCUT2D eigenvalue weighted by molar-refractivity contribution is 0.102. The zero-order valence-electron chi connectivity index (χ0n) is 14.8. The Kier molecular flexibility index (Phi) is 5.08. The Balaban J connectivity index is 2.27. The number of rotatable bonds is 3. The summed E-state index contributed by atoms with van der Waals surface area (Å²) in [5.74, 6) is -0.513. The van der Waals surface area contributed by atoms with Crippen LogP contribution < -0.4 is 16.6 Å². The van der Waals surface area contributed by atoms with E-state index in [4.69, 9.17) is 23.2 Å². The molecule has 1 amide bonds. The number of hydrogen-bond acceptors (Lipinski definition) is 4. The third-order valence-electron chi connectivity index (χ3n) is 4.34. The number of carbonyl (C=O) groups is 1. The first kappa shape index (κ1) is 19.1. The van der Waals surface area contributed by atoms with Crippen LogP contribution in [0.3, 0.4) is 0 Å². The Hall–Kier alpha value is -2.64. The van der Waals surface area contributed by atoms with Gasteiger partial charge in [-0.05, 0) is 30.2 Å². The predicted octanol–water partition coefficient (Wildman–Crippen LogP) is 2.75. The van der Waals surface area contributed by atoms with Crippen molar-refractivity contribution in [1.82, 2.24) is 14.1 Å². The van der Waals surface area contributed by atoms with Gasteiger partial charge in [-0.15, -0.1) is 0 Å². The van der Waals surface area contributed by atoms with Gasteiger partial charge in [0.25, 0.3) is 11.5 Å². The van der Waals surface area contributed by atoms with E-state index in [9.17, 15) is 14.4 Å². The van der Waals surface area contributed by atoms with Crippen molar-refractivity contribution in [1.29, 1.82) is 0 Å². The Morgan fingerprint density at radius 2 is 1.89 bits per heavy atom. The zero-order chi connectivity index (χ0) is 19.9. The number of aryl methyl sites for hydroxylation is 2. The van der Waals surface area contributed by atoms with Crippen molar-refractivity contribution in [3.05, 3.63) is 66.4 Å². The average Bonchev–Trinajstić information content (AvgIpc) is 2.66. The number of halogens is 2. The highest BCUT2D eigenvalue weighted by Gasteiger charge is 2.20. The standard InChI is InChI=1S/C18H16Cl2N4O3/c1-4-9-8-21-15-13(17(26)24(3)18(27)23(15)2)14(9)22-16(25)11-7-10(19)5-6-12(11)20/h5-8H,4H2,1-3H3,(H,21,22,25). The number of anilines is 1. The number of hydrogen-bond donors (Lipinski definition) is 1. The van der Waals surface area contributed by atoms with E-state index in [-0.39, 0.29) is 21.6 Å². The van der Waals surface area contributed by atoms with Crippen molar-refractivity contribution < 1.29 is 4.79 Å². The van der Waals surface area contributed by atoms with E-state index in [0.29, 0.717) is 22.7 Å². The Morgan fingerprint density at radius 3 is 2.56 bits per heavy atom. The molecule has 0 atom stereocenters. The molecule has 3 aromatic rings. The van der Waals surface area contributed by atoms with E-state index in [2.05, 4.69) is 10.3 Å². The number of fused-ring (bicyclic) bond motifs is 1. The van der Waals surface area contributed by atoms with Crippen LogP contribution in [0.2, 0.25) is 10.0 Å². The van der Waals surface area contributed by atoms with Crippen LogP contribution in [0.25, 0.3) is 11.0 Å². The Labute approximate surface area is 164 Å². The van der Waals surface area contributed by atoms with Gasteiger partial charge < -0.3 is 5.32 Å². The van der Waals surface area contributed by atoms with Crippen LogP contribution >= 0.6 is 23.2 Å². The Bertz CT molecular complexity index is 1200. The van der Waals surface area contributed by atoms with Crippen LogP contribution in [0, 0.1) is 0 Å². The number of pyridine rings is 1. The molecule has 0 saturated carbocycles. The maximum absolute atomic E-state index is 12.8. The molecule has 2 aromatic heterocycles. The fraction of sp³-hybridized carbons (Fsp3) is 0.222. The normalized spacial score (nSPS) is 11.0. The first-order valence-electron chi connectivity index (χ1n) is 8.10. The first-order chi connectivity index (χ1) is 12.8. The summed E-state index contributed by atoms with van der Waals surface area (Å²) in [7, 11) is 2.89. The lowest BCUT2D eigenvalue weighted by Crippen LogP contribution is -2.38. The van der Waals surface area contributed by atoms with Gasteiger partial charge in [0.2, 0.25) is 0 Å². The third-order valence-corrected chi connectivity index (χ3v) is 4.90. The lowest BCUT2D eigenvalue weighted by atomic mass is 10.1. The van der Waals surface area contributed by atoms with Gasteiger partial charge in [-0.25, -0.2) is 9.78 Å². The molecule has 0 bridgehead atoms. The molecular formula is C18H16Cl2N4O3. The summed E-state index contributed by atoms with van der Waals surface area (Å²) in [5.41, 5.74) is 0.290. The van der Waals surface area contributed by atoms with Gasteiger partial charge in [0, 0.05) is 25.3 Å². The Morgan fingerprint density at radius 1 is 1.19 bits per heavy atom. The van der Waals surface area contributed by atoms with Crippen molar-refractivity contribution in [2.24, 2.45) is 14.1 Å². The second kappa shape index (κ2) is 7.17. The summed E-state index contributed by atoms with van der Waals surface area (Å²) >= 11 is 12.1. The summed E-state index contributed by atoms with van der Waals surface area (Å²) in [6, 6.07) is 4.54. The molecule has 0 unspecified atom stereocenters. The number of benzene rings is 1. The van der Waals surface area contributed by atoms with Crippen LogP contribution in [-0.2, 0) is 20.5 Å². The lowest BCUT2D eigenvalue weighted by Gasteiger charge is -2.15. The van der Waals surface area contributed by atoms with Gasteiger partial charge >= 0.3 is 5.69 Å². The number of nitrogens with one attached hydrogen (secondary N) is 1. The van der Waals surface area contributed by atoms with Crippen molar-refractivity contribution in [2.45, 2.75) is 13.3 Å². The second-order valence-corrected chi connectivity index (χ2v) is 6.84. The monoisotopic (exact) mass is 406 g/mol. The molecule has 3 rings (SSSR count). The summed E-state index contributed by atoms with van der Waals surface area (Å²) in [6.07, 6.45) is 2.06. The van der Waals surface area contributed by atoms with Gasteiger partial charge in [-0.2, -0.15) is 0 Å². The minimum absolute atomic E-state index is 0.158. The summed E-state index contributed by atoms with van der Waals surface area (Å²) in [6.45, 7) is 1.87. The number of carbonyl (C=O) groups excluding carboxylic acids is 1. The maximum Gasteiger partial charge on any atom is 0.332 e. The molecule has 1 aromatic carbocycles. The van der Waals surface area contributed by atoms with Gasteiger partial charge in [0.1, 0.15) is 5.39 Å². The second-order valence-electron chi connectivity index (χ2n) is 5.99. The minimum Gasteiger partial charge on any atom is -0.321 e. The number of nitrogens with zero attached hydrogens (tertiary/aromatic N) is 3. The minimum atomic E-state index is -0.539. The molecule has 0 fully saturated rings. The SMILES string of the molecule is CCc1cnc2c(c1NC(=O)c1cc(Cl)ccc1Cl)c(=O)n(C)c(=O)n2C. The molecule has 1 N–H and O–H groups in total. The van der Waals surface area contributed by atoms with Crippen molar-refractivity contribution in [3.8, 4) is 0 Å². The molecule has 9 heteroatoms. The number of aromatic nitrogens is 3. The van der Waals surface area contributed by atoms with E-state index >= 15 is 0 Å². The summed E-state index contributed by atoms with van der Waals surface area (Å²) in [5, 5.41) is 3.50. The molecule has 0 aliphatic rings. The molecule has 0 radical (unpaired) electrons. The summed E-state index contributed by atoms with van der Waals surface area (Å²) < 4.78 is 2.24. The van der Waals surface area contributed by atoms with Crippen LogP contribution in [0.4, 0.5) is 5.69 Å². The fourth-order valence-electron chi connectivity index (χ4n) is 2.83. The third kappa shape index (κ3) is 3.24. The molecule has 0 aliphatic carbocycles. The molecule has 2 heterocycles. The quantitative estimate of drug-likeness (QED) is 0.724. The van der Waals surface area contributed by atoms with Crippen molar-refractivity contribution >= 4 is 45.8 Å². The topological polar surface area (TPSA) is 86.0 Å². The molecule has 0 saturated heterocycles. The molecular weight excluding hydrogens is 391 g/mol. The smallest absolute Gasteiger partial charge is 0.321 e. The van der Waals surface area contributed by atoms with E-state index in [1.165, 1.54) is 37.0 Å². The predicted molar refractivity (Wildman–Crippen MR) is 106 cm³/mol. The van der Waals surface area contributed by atoms with Crippen LogP contribution in [0.5, 0.6) is 0 Å². The highest BCUT2D eigenvalue weighted by Crippen LogP contribution is 2.26. The van der Waals surface area contributed by atoms with E-state index in [1.807, 2.05) is 6.92 Å². The molecule has 27 heavy (non-hydrogen) atoms. The van der Waals surface area contributed by atoms with Gasteiger partial charge in [-0.3, -0.25) is 18.7 Å². The number of amides is 1. The highest BCUT2D eigenvalue weighted by molar-refractivity contribution is 6.36. The highest BCUT2D eigenvalue weighted by atomic mass is 35.5. The first-order valence-corrected chi connectivity index (χ1v) is 8.85. The van der Waals surface area contributed by atoms with E-state index in [0.717, 1.165) is 4.57 Å². The van der Waals surface area contributed by atoms with Crippen molar-refractivity contribution in [3.63, 3.8) is 0 Å². The molecule has 0 aliphatic heterocycles. The van der Waals surface area contributed by atoms with E-state index in [1.54, 1.807) is 6.07 Å². The van der Waals surface area contributed by atoms with Gasteiger partial charge in [-0.1, -0.05) is 30.1 Å². The van der Waals surface area contributed by atoms with Crippen LogP contribution in [0.15, 0.2) is 34.0 Å². The molecule has 7 nitrogen and oxygen atoms in total. The van der Waals surface area contributed by atoms with Crippen molar-refractivity contribution in [2.75, 3.05) is 5.32 Å². The molecule has 140 valence electrons. The summed E-state index contributed by atoms with van der Waals surface area (Å²) in [4.78, 5) is 41.9. The molecule has 0 spiro atoms. The van der Waals surface area contributed by atoms with Gasteiger partial charge in [0.05, 0.1) is 16.3 Å². The van der Waals surface area contributed by atoms with Crippen LogP contribution in [0.1, 0.15) is 22.8 Å². The van der Waals surface area contributed by atoms with Gasteiger partial charge in [0.15, 0.2) is 5.65 Å².